The summed E-state index contributed by atoms with van der Waals surface area (Å²) in [6, 6.07) is 12.0. The number of carboxylic acids is 1. The number of ether oxygens (including phenoxy) is 3. The Kier molecular flexibility index (Phi) is 20.4. The van der Waals surface area contributed by atoms with Gasteiger partial charge in [-0.15, -0.1) is 31.8 Å². The molecule has 0 aromatic heterocycles. The number of alkyl halides is 3. The fraction of sp³-hybridized carbons (Fsp3) is 0.364. The number of esters is 1. The van der Waals surface area contributed by atoms with Gasteiger partial charge in [-0.3, -0.25) is 0 Å². The highest BCUT2D eigenvalue weighted by molar-refractivity contribution is 9.09. The van der Waals surface area contributed by atoms with Crippen LogP contribution in [0.15, 0.2) is 48.5 Å². The third-order valence-corrected chi connectivity index (χ3v) is 3.99. The Morgan fingerprint density at radius 3 is 1.49 bits per heavy atom. The smallest absolute Gasteiger partial charge is 0.339 e. The first kappa shape index (κ1) is 35.4. The van der Waals surface area contributed by atoms with Crippen LogP contribution in [0.1, 0.15) is 33.6 Å². The molecule has 1 N–H and O–H groups in total. The molecule has 2 aromatic carbocycles. The van der Waals surface area contributed by atoms with E-state index in [0.29, 0.717) is 34.7 Å². The summed E-state index contributed by atoms with van der Waals surface area (Å²) in [5, 5.41) is 26.6. The van der Waals surface area contributed by atoms with Crippen molar-refractivity contribution in [2.75, 3.05) is 37.3 Å². The molecule has 2 aromatic rings. The van der Waals surface area contributed by atoms with Crippen LogP contribution in [-0.2, 0) is 14.4 Å². The van der Waals surface area contributed by atoms with E-state index in [1.807, 2.05) is 0 Å². The van der Waals surface area contributed by atoms with Crippen LogP contribution in [0, 0.1) is 20.2 Å². The summed E-state index contributed by atoms with van der Waals surface area (Å²) in [6.07, 6.45) is 0.763. The number of hydrogen-bond acceptors (Lipinski definition) is 11. The topological polar surface area (TPSA) is 187 Å². The van der Waals surface area contributed by atoms with Gasteiger partial charge >= 0.3 is 11.9 Å². The van der Waals surface area contributed by atoms with E-state index in [-0.39, 0.29) is 38.1 Å². The fourth-order valence-electron chi connectivity index (χ4n) is 2.29. The van der Waals surface area contributed by atoms with Crippen LogP contribution in [0.5, 0.6) is 11.5 Å². The molecule has 0 aliphatic heterocycles. The zero-order valence-corrected chi connectivity index (χ0v) is 23.3. The van der Waals surface area contributed by atoms with Gasteiger partial charge in [-0.05, 0) is 48.5 Å². The first-order chi connectivity index (χ1) is 18.6. The molecule has 0 saturated carbocycles. The normalized spacial score (nSPS) is 9.41. The lowest BCUT2D eigenvalue weighted by Gasteiger charge is -2.06. The molecule has 0 saturated heterocycles. The Balaban J connectivity index is 0.000000676. The summed E-state index contributed by atoms with van der Waals surface area (Å²) in [6.45, 7) is 0.493. The zero-order chi connectivity index (χ0) is 29.5. The Morgan fingerprint density at radius 2 is 1.15 bits per heavy atom. The number of rotatable bonds is 15. The summed E-state index contributed by atoms with van der Waals surface area (Å²) in [7, 11) is 0. The molecule has 17 heteroatoms. The lowest BCUT2D eigenvalue weighted by molar-refractivity contribution is -0.757. The number of aromatic carboxylic acids is 1. The maximum absolute atomic E-state index is 11.3. The van der Waals surface area contributed by atoms with E-state index in [2.05, 4.69) is 30.3 Å². The van der Waals surface area contributed by atoms with Crippen molar-refractivity contribution in [3.8, 4) is 11.5 Å². The van der Waals surface area contributed by atoms with Crippen LogP contribution in [-0.4, -0.2) is 64.5 Å². The summed E-state index contributed by atoms with van der Waals surface area (Å²) >= 11 is 13.1. The van der Waals surface area contributed by atoms with Crippen molar-refractivity contribution in [3.05, 3.63) is 79.9 Å². The second-order valence-corrected chi connectivity index (χ2v) is 8.21. The maximum atomic E-state index is 11.3. The second kappa shape index (κ2) is 22.4. The molecule has 14 nitrogen and oxygen atoms in total. The average Bonchev–Trinajstić information content (AvgIpc) is 2.89. The summed E-state index contributed by atoms with van der Waals surface area (Å²) in [5.74, 6) is -0.462. The SMILES string of the molecule is ClCBr.O=C(O)c1ccc(OCCCO[N+](=O)[O-])cc1.O=C(OCCl)c1ccc(OCCCO[N+](=O)[O-])cc1. The van der Waals surface area contributed by atoms with Crippen molar-refractivity contribution >= 4 is 51.1 Å². The molecule has 0 fully saturated rings. The molecule has 0 atom stereocenters. The van der Waals surface area contributed by atoms with Gasteiger partial charge in [0.05, 0.1) is 42.3 Å². The number of halogens is 3. The van der Waals surface area contributed by atoms with Crippen LogP contribution >= 0.6 is 39.1 Å². The van der Waals surface area contributed by atoms with Crippen molar-refractivity contribution in [2.45, 2.75) is 12.8 Å². The van der Waals surface area contributed by atoms with Crippen molar-refractivity contribution in [2.24, 2.45) is 0 Å². The highest BCUT2D eigenvalue weighted by Crippen LogP contribution is 2.14. The van der Waals surface area contributed by atoms with Crippen LogP contribution in [0.25, 0.3) is 0 Å². The van der Waals surface area contributed by atoms with E-state index in [1.54, 1.807) is 12.1 Å². The van der Waals surface area contributed by atoms with Gasteiger partial charge in [0.2, 0.25) is 0 Å². The minimum atomic E-state index is -1.00. The number of hydrogen-bond donors (Lipinski definition) is 1. The molecule has 0 amide bonds. The van der Waals surface area contributed by atoms with Gasteiger partial charge < -0.3 is 29.0 Å². The minimum Gasteiger partial charge on any atom is -0.494 e. The summed E-state index contributed by atoms with van der Waals surface area (Å²) in [4.78, 5) is 50.3. The quantitative estimate of drug-likeness (QED) is 0.0891. The Bertz CT molecular complexity index is 998. The molecule has 2 rings (SSSR count). The first-order valence-electron chi connectivity index (χ1n) is 10.7. The Morgan fingerprint density at radius 1 is 0.769 bits per heavy atom. The van der Waals surface area contributed by atoms with E-state index < -0.39 is 22.1 Å². The molecular weight excluding hydrogens is 635 g/mol. The zero-order valence-electron chi connectivity index (χ0n) is 20.2. The molecule has 0 unspecified atom stereocenters. The summed E-state index contributed by atoms with van der Waals surface area (Å²) < 4.78 is 15.1. The second-order valence-electron chi connectivity index (χ2n) is 6.51. The largest absolute Gasteiger partial charge is 0.494 e. The molecule has 0 radical (unpaired) electrons. The van der Waals surface area contributed by atoms with Crippen molar-refractivity contribution in [1.82, 2.24) is 0 Å². The number of carboxylic acid groups (broad SMARTS) is 1. The van der Waals surface area contributed by atoms with Gasteiger partial charge in [-0.25, -0.2) is 9.59 Å². The number of carbonyl (C=O) groups excluding carboxylic acids is 1. The predicted molar refractivity (Wildman–Crippen MR) is 142 cm³/mol. The number of nitrogens with zero attached hydrogens (tertiary/aromatic N) is 2. The minimum absolute atomic E-state index is 0.0207. The maximum Gasteiger partial charge on any atom is 0.339 e. The van der Waals surface area contributed by atoms with Gasteiger partial charge in [0.15, 0.2) is 6.07 Å². The van der Waals surface area contributed by atoms with Gasteiger partial charge in [-0.2, -0.15) is 0 Å². The highest BCUT2D eigenvalue weighted by atomic mass is 79.9. The molecule has 0 bridgehead atoms. The van der Waals surface area contributed by atoms with Crippen LogP contribution < -0.4 is 9.47 Å². The number of carbonyl (C=O) groups is 2. The lowest BCUT2D eigenvalue weighted by Crippen LogP contribution is -2.07. The monoisotopic (exact) mass is 658 g/mol. The molecule has 216 valence electrons. The van der Waals surface area contributed by atoms with Crippen LogP contribution in [0.2, 0.25) is 0 Å². The van der Waals surface area contributed by atoms with E-state index in [0.717, 1.165) is 0 Å². The predicted octanol–water partition coefficient (Wildman–Crippen LogP) is 4.96. The highest BCUT2D eigenvalue weighted by Gasteiger charge is 2.06. The molecule has 0 spiro atoms. The van der Waals surface area contributed by atoms with Gasteiger partial charge in [-0.1, -0.05) is 27.5 Å². The molecule has 0 aliphatic rings. The Labute approximate surface area is 241 Å². The Hall–Kier alpha value is -3.56. The van der Waals surface area contributed by atoms with Crippen LogP contribution in [0.3, 0.4) is 0 Å². The molecule has 0 heterocycles. The van der Waals surface area contributed by atoms with Crippen molar-refractivity contribution in [1.29, 1.82) is 0 Å². The van der Waals surface area contributed by atoms with Crippen molar-refractivity contribution in [3.63, 3.8) is 0 Å². The van der Waals surface area contributed by atoms with E-state index in [1.165, 1.54) is 36.4 Å². The number of benzene rings is 2. The van der Waals surface area contributed by atoms with E-state index >= 15 is 0 Å². The van der Waals surface area contributed by atoms with Crippen LogP contribution in [0.4, 0.5) is 0 Å². The third kappa shape index (κ3) is 19.2. The first-order valence-corrected chi connectivity index (χ1v) is 12.9. The third-order valence-electron chi connectivity index (χ3n) is 3.89. The van der Waals surface area contributed by atoms with E-state index in [4.69, 9.17) is 37.8 Å². The average molecular weight is 660 g/mol. The standard InChI is InChI=1S/C11H12ClNO6.C10H11NO6.CH2BrCl/c12-8-18-11(14)9-2-4-10(5-3-9)17-6-1-7-19-13(15)16;12-10(13)8-2-4-9(5-3-8)16-6-1-7-17-11(14)15;2-1-3/h2-5H,1,6-8H2;2-5H,1,6-7H2,(H,12,13);1H2. The van der Waals surface area contributed by atoms with Gasteiger partial charge in [0.1, 0.15) is 11.5 Å². The van der Waals surface area contributed by atoms with E-state index in [9.17, 15) is 29.8 Å². The van der Waals surface area contributed by atoms with Gasteiger partial charge in [0.25, 0.3) is 10.2 Å². The fourth-order valence-corrected chi connectivity index (χ4v) is 2.39. The molecular formula is C22H25BrCl2N2O12. The van der Waals surface area contributed by atoms with Crippen molar-refractivity contribution < 1.29 is 48.8 Å². The lowest BCUT2D eigenvalue weighted by atomic mass is 10.2. The molecule has 0 aliphatic carbocycles. The summed E-state index contributed by atoms with van der Waals surface area (Å²) in [5.41, 5.74) is 0.540. The molecule has 39 heavy (non-hydrogen) atoms. The van der Waals surface area contributed by atoms with Gasteiger partial charge in [0, 0.05) is 12.8 Å².